The molecule has 0 spiro atoms. The summed E-state index contributed by atoms with van der Waals surface area (Å²) in [4.78, 5) is 21.1. The molecule has 3 fully saturated rings. The predicted octanol–water partition coefficient (Wildman–Crippen LogP) is 2.71. The van der Waals surface area contributed by atoms with Crippen LogP contribution in [0.2, 0.25) is 0 Å². The fourth-order valence-corrected chi connectivity index (χ4v) is 5.58. The van der Waals surface area contributed by atoms with Crippen LogP contribution < -0.4 is 0 Å². The van der Waals surface area contributed by atoms with Crippen molar-refractivity contribution in [3.63, 3.8) is 0 Å². The third kappa shape index (κ3) is 3.61. The van der Waals surface area contributed by atoms with Crippen LogP contribution in [0.1, 0.15) is 68.5 Å². The summed E-state index contributed by atoms with van der Waals surface area (Å²) in [6, 6.07) is -0.210. The molecule has 7 nitrogen and oxygen atoms in total. The average Bonchev–Trinajstić information content (AvgIpc) is 3.31. The largest absolute Gasteiger partial charge is 0.446 e. The van der Waals surface area contributed by atoms with Crippen LogP contribution in [0.3, 0.4) is 0 Å². The third-order valence-corrected chi connectivity index (χ3v) is 7.57. The molecule has 26 heavy (non-hydrogen) atoms. The normalized spacial score (nSPS) is 27.0. The molecule has 3 heterocycles. The zero-order valence-corrected chi connectivity index (χ0v) is 15.9. The van der Waals surface area contributed by atoms with Crippen LogP contribution >= 0.6 is 0 Å². The number of sulfone groups is 1. The molecule has 0 bridgehead atoms. The quantitative estimate of drug-likeness (QED) is 0.786. The number of amides is 2. The maximum atomic E-state index is 12.9. The van der Waals surface area contributed by atoms with E-state index in [2.05, 4.69) is 0 Å². The molecule has 2 saturated heterocycles. The number of carbonyl (C=O) groups excluding carboxylic acids is 1. The van der Waals surface area contributed by atoms with Gasteiger partial charge in [-0.3, -0.25) is 0 Å². The summed E-state index contributed by atoms with van der Waals surface area (Å²) in [7, 11) is -2.99. The van der Waals surface area contributed by atoms with E-state index < -0.39 is 9.84 Å². The Hall–Kier alpha value is -1.57. The predicted molar refractivity (Wildman–Crippen MR) is 96.6 cm³/mol. The van der Waals surface area contributed by atoms with E-state index in [9.17, 15) is 13.2 Å². The monoisotopic (exact) mass is 381 g/mol. The van der Waals surface area contributed by atoms with Crippen LogP contribution in [0, 0.1) is 0 Å². The standard InChI is InChI=1S/C18H27N3O4S/c22-18(20-9-11-26(23,24)12-10-20)21-8-4-7-16(21)17-19-15(13-25-17)14-5-2-1-3-6-14/h13-14,16H,1-12H2. The van der Waals surface area contributed by atoms with Gasteiger partial charge in [-0.2, -0.15) is 0 Å². The van der Waals surface area contributed by atoms with E-state index in [1.165, 1.54) is 32.1 Å². The smallest absolute Gasteiger partial charge is 0.320 e. The first-order chi connectivity index (χ1) is 12.5. The molecule has 1 aromatic rings. The lowest BCUT2D eigenvalue weighted by Gasteiger charge is -2.32. The van der Waals surface area contributed by atoms with Crippen molar-refractivity contribution in [2.45, 2.75) is 56.9 Å². The van der Waals surface area contributed by atoms with E-state index >= 15 is 0 Å². The summed E-state index contributed by atoms with van der Waals surface area (Å²) in [6.07, 6.45) is 9.68. The van der Waals surface area contributed by atoms with Crippen molar-refractivity contribution in [1.82, 2.24) is 14.8 Å². The Morgan fingerprint density at radius 3 is 2.50 bits per heavy atom. The van der Waals surface area contributed by atoms with Gasteiger partial charge in [0.25, 0.3) is 0 Å². The van der Waals surface area contributed by atoms with Gasteiger partial charge in [-0.25, -0.2) is 18.2 Å². The number of oxazole rings is 1. The number of carbonyl (C=O) groups is 1. The first-order valence-electron chi connectivity index (χ1n) is 9.75. The highest BCUT2D eigenvalue weighted by atomic mass is 32.2. The summed E-state index contributed by atoms with van der Waals surface area (Å²) >= 11 is 0. The lowest BCUT2D eigenvalue weighted by molar-refractivity contribution is 0.145. The molecular formula is C18H27N3O4S. The maximum Gasteiger partial charge on any atom is 0.320 e. The van der Waals surface area contributed by atoms with Crippen molar-refractivity contribution in [3.05, 3.63) is 17.8 Å². The Balaban J connectivity index is 1.45. The summed E-state index contributed by atoms with van der Waals surface area (Å²) in [6.45, 7) is 1.24. The number of likely N-dealkylation sites (tertiary alicyclic amines) is 1. The Morgan fingerprint density at radius 1 is 1.04 bits per heavy atom. The minimum atomic E-state index is -2.99. The average molecular weight is 381 g/mol. The van der Waals surface area contributed by atoms with Crippen molar-refractivity contribution in [3.8, 4) is 0 Å². The van der Waals surface area contributed by atoms with E-state index in [4.69, 9.17) is 9.40 Å². The summed E-state index contributed by atoms with van der Waals surface area (Å²) in [5, 5.41) is 0. The van der Waals surface area contributed by atoms with Crippen LogP contribution in [0.15, 0.2) is 10.7 Å². The Labute approximate surface area is 154 Å². The fourth-order valence-electron chi connectivity index (χ4n) is 4.38. The van der Waals surface area contributed by atoms with E-state index in [0.29, 0.717) is 18.4 Å². The van der Waals surface area contributed by atoms with E-state index in [-0.39, 0.29) is 36.7 Å². The van der Waals surface area contributed by atoms with Gasteiger partial charge in [-0.05, 0) is 25.7 Å². The van der Waals surface area contributed by atoms with Gasteiger partial charge in [0.05, 0.1) is 17.2 Å². The highest BCUT2D eigenvalue weighted by Gasteiger charge is 2.37. The molecule has 8 heteroatoms. The number of aromatic nitrogens is 1. The van der Waals surface area contributed by atoms with Crippen LogP contribution in [0.4, 0.5) is 4.79 Å². The van der Waals surface area contributed by atoms with Crippen LogP contribution in [0.25, 0.3) is 0 Å². The topological polar surface area (TPSA) is 83.7 Å². The Kier molecular flexibility index (Phi) is 4.94. The number of urea groups is 1. The van der Waals surface area contributed by atoms with Gasteiger partial charge in [-0.1, -0.05) is 19.3 Å². The summed E-state index contributed by atoms with van der Waals surface area (Å²) in [5.74, 6) is 1.24. The van der Waals surface area contributed by atoms with E-state index in [1.807, 2.05) is 4.90 Å². The Morgan fingerprint density at radius 2 is 1.77 bits per heavy atom. The molecule has 1 atom stereocenters. The molecule has 1 aliphatic carbocycles. The molecular weight excluding hydrogens is 354 g/mol. The van der Waals surface area contributed by atoms with Gasteiger partial charge in [0.15, 0.2) is 9.84 Å². The molecule has 0 aromatic carbocycles. The van der Waals surface area contributed by atoms with Crippen molar-refractivity contribution in [2.24, 2.45) is 0 Å². The molecule has 1 unspecified atom stereocenters. The maximum absolute atomic E-state index is 12.9. The van der Waals surface area contributed by atoms with Gasteiger partial charge >= 0.3 is 6.03 Å². The third-order valence-electron chi connectivity index (χ3n) is 5.96. The molecule has 1 aromatic heterocycles. The molecule has 4 rings (SSSR count). The zero-order valence-electron chi connectivity index (χ0n) is 15.1. The van der Waals surface area contributed by atoms with Gasteiger partial charge in [0.1, 0.15) is 12.3 Å². The van der Waals surface area contributed by atoms with Gasteiger partial charge in [-0.15, -0.1) is 0 Å². The second-order valence-electron chi connectivity index (χ2n) is 7.72. The lowest BCUT2D eigenvalue weighted by atomic mass is 9.87. The number of hydrogen-bond acceptors (Lipinski definition) is 5. The lowest BCUT2D eigenvalue weighted by Crippen LogP contribution is -2.49. The first-order valence-corrected chi connectivity index (χ1v) is 11.6. The minimum absolute atomic E-state index is 0.0576. The van der Waals surface area contributed by atoms with E-state index in [0.717, 1.165) is 18.5 Å². The van der Waals surface area contributed by atoms with Crippen LogP contribution in [0.5, 0.6) is 0 Å². The molecule has 2 amide bonds. The second-order valence-corrected chi connectivity index (χ2v) is 10.0. The summed E-state index contributed by atoms with van der Waals surface area (Å²) in [5.41, 5.74) is 1.03. The number of rotatable bonds is 2. The second kappa shape index (κ2) is 7.21. The van der Waals surface area contributed by atoms with E-state index in [1.54, 1.807) is 11.2 Å². The molecule has 144 valence electrons. The van der Waals surface area contributed by atoms with Gasteiger partial charge in [0, 0.05) is 25.6 Å². The van der Waals surface area contributed by atoms with Crippen molar-refractivity contribution < 1.29 is 17.6 Å². The highest BCUT2D eigenvalue weighted by Crippen LogP contribution is 2.36. The fraction of sp³-hybridized carbons (Fsp3) is 0.778. The van der Waals surface area contributed by atoms with Crippen LogP contribution in [-0.4, -0.2) is 60.4 Å². The van der Waals surface area contributed by atoms with Crippen molar-refractivity contribution >= 4 is 15.9 Å². The van der Waals surface area contributed by atoms with Crippen LogP contribution in [-0.2, 0) is 9.84 Å². The molecule has 0 radical (unpaired) electrons. The van der Waals surface area contributed by atoms with Crippen molar-refractivity contribution in [1.29, 1.82) is 0 Å². The molecule has 0 N–H and O–H groups in total. The molecule has 3 aliphatic rings. The SMILES string of the molecule is O=C(N1CCS(=O)(=O)CC1)N1CCCC1c1nc(C2CCCCC2)co1. The zero-order chi connectivity index (χ0) is 18.1. The first kappa shape index (κ1) is 17.8. The summed E-state index contributed by atoms with van der Waals surface area (Å²) < 4.78 is 29.0. The Bertz CT molecular complexity index is 740. The molecule has 2 aliphatic heterocycles. The van der Waals surface area contributed by atoms with Gasteiger partial charge < -0.3 is 14.2 Å². The number of nitrogens with zero attached hydrogens (tertiary/aromatic N) is 3. The molecule has 1 saturated carbocycles. The highest BCUT2D eigenvalue weighted by molar-refractivity contribution is 7.91. The van der Waals surface area contributed by atoms with Gasteiger partial charge in [0.2, 0.25) is 5.89 Å². The van der Waals surface area contributed by atoms with Crippen molar-refractivity contribution in [2.75, 3.05) is 31.1 Å². The minimum Gasteiger partial charge on any atom is -0.446 e. The number of hydrogen-bond donors (Lipinski definition) is 0.